The highest BCUT2D eigenvalue weighted by Gasteiger charge is 2.77. The third-order valence-electron chi connectivity index (χ3n) is 4.15. The van der Waals surface area contributed by atoms with E-state index in [1.54, 1.807) is 19.2 Å². The molecule has 1 aliphatic carbocycles. The molecule has 1 aromatic carbocycles. The average molecular weight is 319 g/mol. The molecule has 118 valence electrons. The van der Waals surface area contributed by atoms with Gasteiger partial charge in [-0.2, -0.15) is 26.3 Å². The quantitative estimate of drug-likeness (QED) is 0.666. The number of fused-ring (bicyclic) bond motifs is 1. The predicted octanol–water partition coefficient (Wildman–Crippen LogP) is 4.79. The summed E-state index contributed by atoms with van der Waals surface area (Å²) in [7, 11) is 1.56. The summed E-state index contributed by atoms with van der Waals surface area (Å²) in [6, 6.07) is 6.24. The number of rotatable bonds is 1. The van der Waals surface area contributed by atoms with Gasteiger partial charge in [-0.25, -0.2) is 0 Å². The van der Waals surface area contributed by atoms with Crippen LogP contribution in [0.1, 0.15) is 11.3 Å². The van der Waals surface area contributed by atoms with Gasteiger partial charge in [0.15, 0.2) is 0 Å². The van der Waals surface area contributed by atoms with Gasteiger partial charge in [-0.05, 0) is 13.0 Å². The van der Waals surface area contributed by atoms with Crippen LogP contribution in [0.2, 0.25) is 0 Å². The van der Waals surface area contributed by atoms with Crippen LogP contribution in [-0.4, -0.2) is 22.3 Å². The number of para-hydroxylation sites is 1. The van der Waals surface area contributed by atoms with Gasteiger partial charge in [0.05, 0.1) is 0 Å². The molecule has 1 nitrogen and oxygen atoms in total. The Balaban J connectivity index is 2.36. The number of hydrogen-bond acceptors (Lipinski definition) is 0. The first-order valence-corrected chi connectivity index (χ1v) is 6.43. The molecule has 3 rings (SSSR count). The van der Waals surface area contributed by atoms with Gasteiger partial charge in [0.25, 0.3) is 0 Å². The summed E-state index contributed by atoms with van der Waals surface area (Å²) < 4.78 is 83.1. The van der Waals surface area contributed by atoms with Crippen LogP contribution in [0.15, 0.2) is 30.3 Å². The fourth-order valence-electron chi connectivity index (χ4n) is 2.83. The topological polar surface area (TPSA) is 4.93 Å². The van der Waals surface area contributed by atoms with Crippen LogP contribution in [0.5, 0.6) is 0 Å². The molecule has 0 N–H and O–H groups in total. The normalized spacial score (nSPS) is 22.1. The summed E-state index contributed by atoms with van der Waals surface area (Å²) in [5, 5.41) is 0.238. The molecular weight excluding hydrogens is 308 g/mol. The highest BCUT2D eigenvalue weighted by atomic mass is 19.3. The van der Waals surface area contributed by atoms with Gasteiger partial charge in [0, 0.05) is 40.9 Å². The molecule has 0 unspecified atom stereocenters. The lowest BCUT2D eigenvalue weighted by molar-refractivity contribution is -0.257. The summed E-state index contributed by atoms with van der Waals surface area (Å²) in [6.07, 6.45) is -0.304. The molecule has 0 bridgehead atoms. The number of alkyl halides is 6. The maximum Gasteiger partial charge on any atom is 0.380 e. The first kappa shape index (κ1) is 15.0. The number of hydrogen-bond donors (Lipinski definition) is 0. The van der Waals surface area contributed by atoms with Crippen molar-refractivity contribution in [2.45, 2.75) is 24.7 Å². The van der Waals surface area contributed by atoms with Gasteiger partial charge >= 0.3 is 17.8 Å². The Morgan fingerprint density at radius 3 is 2.09 bits per heavy atom. The number of nitrogens with zero attached hydrogens (tertiary/aromatic N) is 1. The summed E-state index contributed by atoms with van der Waals surface area (Å²) >= 11 is 0. The van der Waals surface area contributed by atoms with Gasteiger partial charge < -0.3 is 4.57 Å². The van der Waals surface area contributed by atoms with Crippen LogP contribution in [0, 0.1) is 6.92 Å². The molecule has 0 aliphatic heterocycles. The Morgan fingerprint density at radius 1 is 0.955 bits per heavy atom. The summed E-state index contributed by atoms with van der Waals surface area (Å²) in [4.78, 5) is 0. The van der Waals surface area contributed by atoms with Crippen molar-refractivity contribution in [3.8, 4) is 0 Å². The second kappa shape index (κ2) is 4.08. The summed E-state index contributed by atoms with van der Waals surface area (Å²) in [5.41, 5.74) is -0.859. The minimum atomic E-state index is -5.45. The van der Waals surface area contributed by atoms with Crippen molar-refractivity contribution in [2.24, 2.45) is 7.05 Å². The van der Waals surface area contributed by atoms with Crippen molar-refractivity contribution < 1.29 is 26.3 Å². The van der Waals surface area contributed by atoms with Crippen LogP contribution in [0.4, 0.5) is 26.3 Å². The Morgan fingerprint density at radius 2 is 1.55 bits per heavy atom. The van der Waals surface area contributed by atoms with E-state index < -0.39 is 23.3 Å². The largest absolute Gasteiger partial charge is 0.380 e. The molecule has 0 spiro atoms. The molecule has 0 saturated heterocycles. The van der Waals surface area contributed by atoms with E-state index in [0.717, 1.165) is 0 Å². The minimum absolute atomic E-state index is 0.223. The van der Waals surface area contributed by atoms with E-state index in [1.807, 2.05) is 0 Å². The SMILES string of the molecule is Cc1c(C2=CC(F)(F)C(F)(F)C2(F)F)c2ccccc2n1C. The molecule has 1 heterocycles. The van der Waals surface area contributed by atoms with E-state index in [1.165, 1.54) is 23.6 Å². The number of halogens is 6. The van der Waals surface area contributed by atoms with Crippen LogP contribution in [0.3, 0.4) is 0 Å². The molecule has 1 aliphatic rings. The molecule has 0 fully saturated rings. The Bertz CT molecular complexity index is 800. The fourth-order valence-corrected chi connectivity index (χ4v) is 2.83. The number of allylic oxidation sites excluding steroid dienone is 2. The second-order valence-electron chi connectivity index (χ2n) is 5.37. The third kappa shape index (κ3) is 1.56. The van der Waals surface area contributed by atoms with Crippen LogP contribution < -0.4 is 0 Å². The lowest BCUT2D eigenvalue weighted by atomic mass is 9.98. The Hall–Kier alpha value is -1.92. The van der Waals surface area contributed by atoms with Crippen molar-refractivity contribution in [2.75, 3.05) is 0 Å². The smallest absolute Gasteiger partial charge is 0.347 e. The Labute approximate surface area is 121 Å². The predicted molar refractivity (Wildman–Crippen MR) is 70.5 cm³/mol. The molecule has 0 atom stereocenters. The maximum atomic E-state index is 14.0. The third-order valence-corrected chi connectivity index (χ3v) is 4.15. The summed E-state index contributed by atoms with van der Waals surface area (Å²) in [5.74, 6) is -15.3. The van der Waals surface area contributed by atoms with Gasteiger partial charge in [-0.3, -0.25) is 0 Å². The second-order valence-corrected chi connectivity index (χ2v) is 5.37. The highest BCUT2D eigenvalue weighted by Crippen LogP contribution is 2.59. The zero-order valence-electron chi connectivity index (χ0n) is 11.6. The van der Waals surface area contributed by atoms with Crippen molar-refractivity contribution in [1.29, 1.82) is 0 Å². The molecule has 0 saturated carbocycles. The van der Waals surface area contributed by atoms with E-state index in [0.29, 0.717) is 5.52 Å². The van der Waals surface area contributed by atoms with Crippen LogP contribution >= 0.6 is 0 Å². The van der Waals surface area contributed by atoms with E-state index >= 15 is 0 Å². The molecule has 7 heteroatoms. The Kier molecular flexibility index (Phi) is 2.78. The highest BCUT2D eigenvalue weighted by molar-refractivity contribution is 5.97. The molecule has 2 aromatic rings. The van der Waals surface area contributed by atoms with E-state index in [9.17, 15) is 26.3 Å². The number of benzene rings is 1. The average Bonchev–Trinajstić information content (AvgIpc) is 2.74. The van der Waals surface area contributed by atoms with Gasteiger partial charge in [0.2, 0.25) is 0 Å². The van der Waals surface area contributed by atoms with Gasteiger partial charge in [-0.15, -0.1) is 0 Å². The standard InChI is InChI=1S/C15H11F6N/c1-8-12(9-5-3-4-6-11(9)22(8)2)10-7-13(16,17)15(20,21)14(10,18)19/h3-7H,1-2H3. The lowest BCUT2D eigenvalue weighted by Gasteiger charge is -2.25. The van der Waals surface area contributed by atoms with Crippen molar-refractivity contribution >= 4 is 16.5 Å². The van der Waals surface area contributed by atoms with E-state index in [4.69, 9.17) is 0 Å². The van der Waals surface area contributed by atoms with Crippen LogP contribution in [-0.2, 0) is 7.05 Å². The number of aryl methyl sites for hydroxylation is 1. The monoisotopic (exact) mass is 319 g/mol. The van der Waals surface area contributed by atoms with Crippen molar-refractivity contribution in [1.82, 2.24) is 4.57 Å². The summed E-state index contributed by atoms with van der Waals surface area (Å²) in [6.45, 7) is 1.43. The fraction of sp³-hybridized carbons (Fsp3) is 0.333. The van der Waals surface area contributed by atoms with E-state index in [-0.39, 0.29) is 22.7 Å². The molecule has 22 heavy (non-hydrogen) atoms. The molecular formula is C15H11F6N. The maximum absolute atomic E-state index is 14.0. The molecule has 1 aromatic heterocycles. The zero-order valence-corrected chi connectivity index (χ0v) is 11.6. The van der Waals surface area contributed by atoms with Crippen LogP contribution in [0.25, 0.3) is 16.5 Å². The van der Waals surface area contributed by atoms with Crippen molar-refractivity contribution in [3.63, 3.8) is 0 Å². The first-order valence-electron chi connectivity index (χ1n) is 6.43. The molecule has 0 amide bonds. The van der Waals surface area contributed by atoms with Gasteiger partial charge in [0.1, 0.15) is 0 Å². The minimum Gasteiger partial charge on any atom is -0.347 e. The van der Waals surface area contributed by atoms with Gasteiger partial charge in [-0.1, -0.05) is 18.2 Å². The lowest BCUT2D eigenvalue weighted by Crippen LogP contribution is -2.48. The zero-order chi connectivity index (χ0) is 16.5. The molecule has 0 radical (unpaired) electrons. The van der Waals surface area contributed by atoms with E-state index in [2.05, 4.69) is 0 Å². The first-order chi connectivity index (χ1) is 10.0. The number of aromatic nitrogens is 1. The van der Waals surface area contributed by atoms with Crippen molar-refractivity contribution in [3.05, 3.63) is 41.6 Å².